The van der Waals surface area contributed by atoms with Crippen LogP contribution in [-0.2, 0) is 0 Å². The van der Waals surface area contributed by atoms with E-state index in [2.05, 4.69) is 30.3 Å². The number of aliphatic hydroxyl groups excluding tert-OH is 1. The van der Waals surface area contributed by atoms with Gasteiger partial charge in [0.25, 0.3) is 0 Å². The molecule has 0 fully saturated rings. The Morgan fingerprint density at radius 3 is 2.67 bits per heavy atom. The van der Waals surface area contributed by atoms with Crippen molar-refractivity contribution in [2.75, 3.05) is 12.3 Å². The van der Waals surface area contributed by atoms with E-state index in [1.54, 1.807) is 0 Å². The summed E-state index contributed by atoms with van der Waals surface area (Å²) in [5.74, 6) is 1.40. The second kappa shape index (κ2) is 4.98. The minimum absolute atomic E-state index is 0.188. The zero-order chi connectivity index (χ0) is 13.3. The quantitative estimate of drug-likeness (QED) is 0.816. The first-order valence-corrected chi connectivity index (χ1v) is 6.42. The highest BCUT2D eigenvalue weighted by atomic mass is 16.3. The molecule has 1 aromatic heterocycles. The SMILES string of the molecule is CC(C)c1nc2cc(N)ccc2n1C(C)CCO. The number of hydrogen-bond donors (Lipinski definition) is 2. The molecule has 0 aliphatic heterocycles. The van der Waals surface area contributed by atoms with Crippen LogP contribution in [0.4, 0.5) is 5.69 Å². The van der Waals surface area contributed by atoms with Gasteiger partial charge in [-0.3, -0.25) is 0 Å². The number of fused-ring (bicyclic) bond motifs is 1. The normalized spacial score (nSPS) is 13.4. The fourth-order valence-electron chi connectivity index (χ4n) is 2.32. The summed E-state index contributed by atoms with van der Waals surface area (Å²) in [6, 6.07) is 6.05. The average molecular weight is 247 g/mol. The highest BCUT2D eigenvalue weighted by molar-refractivity contribution is 5.80. The number of imidazole rings is 1. The van der Waals surface area contributed by atoms with Gasteiger partial charge in [-0.1, -0.05) is 13.8 Å². The van der Waals surface area contributed by atoms with Gasteiger partial charge >= 0.3 is 0 Å². The molecule has 0 spiro atoms. The van der Waals surface area contributed by atoms with E-state index >= 15 is 0 Å². The van der Waals surface area contributed by atoms with Crippen LogP contribution in [0.1, 0.15) is 45.0 Å². The molecule has 1 atom stereocenters. The maximum absolute atomic E-state index is 9.13. The van der Waals surface area contributed by atoms with Crippen molar-refractivity contribution in [2.24, 2.45) is 0 Å². The number of nitrogen functional groups attached to an aromatic ring is 1. The summed E-state index contributed by atoms with van der Waals surface area (Å²) in [7, 11) is 0. The molecule has 0 saturated carbocycles. The van der Waals surface area contributed by atoms with Gasteiger partial charge in [0.15, 0.2) is 0 Å². The summed E-state index contributed by atoms with van der Waals surface area (Å²) in [4.78, 5) is 4.68. The predicted octanol–water partition coefficient (Wildman–Crippen LogP) is 2.69. The Morgan fingerprint density at radius 1 is 1.33 bits per heavy atom. The smallest absolute Gasteiger partial charge is 0.112 e. The Balaban J connectivity index is 2.62. The fraction of sp³-hybridized carbons (Fsp3) is 0.500. The van der Waals surface area contributed by atoms with E-state index in [4.69, 9.17) is 10.8 Å². The second-order valence-electron chi connectivity index (χ2n) is 5.10. The molecule has 3 N–H and O–H groups in total. The Bertz CT molecular complexity index is 545. The van der Waals surface area contributed by atoms with Crippen LogP contribution in [0, 0.1) is 0 Å². The second-order valence-corrected chi connectivity index (χ2v) is 5.10. The average Bonchev–Trinajstić information content (AvgIpc) is 2.67. The Kier molecular flexibility index (Phi) is 3.57. The number of benzene rings is 1. The number of nitrogens with zero attached hydrogens (tertiary/aromatic N) is 2. The van der Waals surface area contributed by atoms with Gasteiger partial charge in [-0.15, -0.1) is 0 Å². The zero-order valence-electron chi connectivity index (χ0n) is 11.2. The monoisotopic (exact) mass is 247 g/mol. The van der Waals surface area contributed by atoms with E-state index in [9.17, 15) is 0 Å². The summed E-state index contributed by atoms with van der Waals surface area (Å²) in [5.41, 5.74) is 8.56. The van der Waals surface area contributed by atoms with Gasteiger partial charge in [0.05, 0.1) is 11.0 Å². The lowest BCUT2D eigenvalue weighted by Crippen LogP contribution is -2.11. The van der Waals surface area contributed by atoms with Crippen LogP contribution in [0.3, 0.4) is 0 Å². The van der Waals surface area contributed by atoms with Gasteiger partial charge < -0.3 is 15.4 Å². The molecule has 1 aromatic carbocycles. The summed E-state index contributed by atoms with van der Waals surface area (Å²) in [6.07, 6.45) is 0.732. The molecular weight excluding hydrogens is 226 g/mol. The van der Waals surface area contributed by atoms with Gasteiger partial charge in [0, 0.05) is 24.3 Å². The van der Waals surface area contributed by atoms with E-state index in [0.29, 0.717) is 5.92 Å². The molecule has 0 radical (unpaired) electrons. The maximum atomic E-state index is 9.13. The Morgan fingerprint density at radius 2 is 2.06 bits per heavy atom. The number of rotatable bonds is 4. The van der Waals surface area contributed by atoms with Crippen molar-refractivity contribution in [1.82, 2.24) is 9.55 Å². The molecule has 2 rings (SSSR count). The van der Waals surface area contributed by atoms with E-state index in [-0.39, 0.29) is 12.6 Å². The van der Waals surface area contributed by atoms with Crippen LogP contribution in [0.5, 0.6) is 0 Å². The zero-order valence-corrected chi connectivity index (χ0v) is 11.2. The number of hydrogen-bond acceptors (Lipinski definition) is 3. The minimum atomic E-state index is 0.188. The van der Waals surface area contributed by atoms with Crippen LogP contribution >= 0.6 is 0 Å². The Labute approximate surface area is 107 Å². The number of anilines is 1. The van der Waals surface area contributed by atoms with E-state index in [1.165, 1.54) is 0 Å². The molecule has 0 saturated heterocycles. The summed E-state index contributed by atoms with van der Waals surface area (Å²) in [6.45, 7) is 6.56. The van der Waals surface area contributed by atoms with Crippen molar-refractivity contribution in [2.45, 2.75) is 39.2 Å². The first-order valence-electron chi connectivity index (χ1n) is 6.42. The van der Waals surface area contributed by atoms with Gasteiger partial charge in [0.1, 0.15) is 5.82 Å². The summed E-state index contributed by atoms with van der Waals surface area (Å²) in [5, 5.41) is 9.13. The molecule has 4 nitrogen and oxygen atoms in total. The molecular formula is C14H21N3O. The first kappa shape index (κ1) is 12.9. The van der Waals surface area contributed by atoms with E-state index in [0.717, 1.165) is 29.0 Å². The van der Waals surface area contributed by atoms with Crippen LogP contribution in [0.15, 0.2) is 18.2 Å². The molecule has 98 valence electrons. The van der Waals surface area contributed by atoms with E-state index in [1.807, 2.05) is 18.2 Å². The summed E-state index contributed by atoms with van der Waals surface area (Å²) >= 11 is 0. The van der Waals surface area contributed by atoms with Crippen molar-refractivity contribution in [3.8, 4) is 0 Å². The highest BCUT2D eigenvalue weighted by Gasteiger charge is 2.17. The van der Waals surface area contributed by atoms with Crippen molar-refractivity contribution in [3.05, 3.63) is 24.0 Å². The highest BCUT2D eigenvalue weighted by Crippen LogP contribution is 2.28. The van der Waals surface area contributed by atoms with Gasteiger partial charge in [-0.2, -0.15) is 0 Å². The van der Waals surface area contributed by atoms with E-state index < -0.39 is 0 Å². The van der Waals surface area contributed by atoms with Crippen molar-refractivity contribution in [3.63, 3.8) is 0 Å². The molecule has 0 bridgehead atoms. The number of aromatic nitrogens is 2. The first-order chi connectivity index (χ1) is 8.54. The molecule has 0 aliphatic carbocycles. The van der Waals surface area contributed by atoms with Crippen molar-refractivity contribution in [1.29, 1.82) is 0 Å². The third-order valence-corrected chi connectivity index (χ3v) is 3.24. The molecule has 1 heterocycles. The molecule has 4 heteroatoms. The predicted molar refractivity (Wildman–Crippen MR) is 74.6 cm³/mol. The van der Waals surface area contributed by atoms with Crippen LogP contribution < -0.4 is 5.73 Å². The summed E-state index contributed by atoms with van der Waals surface area (Å²) < 4.78 is 2.22. The Hall–Kier alpha value is -1.55. The third kappa shape index (κ3) is 2.20. The largest absolute Gasteiger partial charge is 0.399 e. The molecule has 2 aromatic rings. The standard InChI is InChI=1S/C14H21N3O/c1-9(2)14-16-12-8-11(15)4-5-13(12)17(14)10(3)6-7-18/h4-5,8-10,18H,6-7,15H2,1-3H3. The molecule has 18 heavy (non-hydrogen) atoms. The third-order valence-electron chi connectivity index (χ3n) is 3.24. The molecule has 1 unspecified atom stereocenters. The fourth-order valence-corrected chi connectivity index (χ4v) is 2.32. The maximum Gasteiger partial charge on any atom is 0.112 e. The minimum Gasteiger partial charge on any atom is -0.399 e. The van der Waals surface area contributed by atoms with Crippen LogP contribution in [0.2, 0.25) is 0 Å². The lowest BCUT2D eigenvalue weighted by Gasteiger charge is -2.18. The number of nitrogens with two attached hydrogens (primary N) is 1. The van der Waals surface area contributed by atoms with Gasteiger partial charge in [-0.05, 0) is 31.5 Å². The van der Waals surface area contributed by atoms with Gasteiger partial charge in [0.2, 0.25) is 0 Å². The van der Waals surface area contributed by atoms with Crippen molar-refractivity contribution < 1.29 is 5.11 Å². The van der Waals surface area contributed by atoms with Crippen LogP contribution in [-0.4, -0.2) is 21.3 Å². The molecule has 0 aliphatic rings. The van der Waals surface area contributed by atoms with Gasteiger partial charge in [-0.25, -0.2) is 4.98 Å². The lowest BCUT2D eigenvalue weighted by atomic mass is 10.1. The lowest BCUT2D eigenvalue weighted by molar-refractivity contribution is 0.262. The number of aliphatic hydroxyl groups is 1. The van der Waals surface area contributed by atoms with Crippen molar-refractivity contribution >= 4 is 16.7 Å². The topological polar surface area (TPSA) is 64.1 Å². The molecule has 0 amide bonds. The van der Waals surface area contributed by atoms with Crippen LogP contribution in [0.25, 0.3) is 11.0 Å².